The average molecular weight is 319 g/mol. The second-order valence-corrected chi connectivity index (χ2v) is 3.80. The molecular formula is C11H22Cl3N3O. The SMILES string of the molecule is CN(C)CCCOc1ccc(N)cc1N.Cl.Cl.Cl. The summed E-state index contributed by atoms with van der Waals surface area (Å²) in [5.74, 6) is 0.711. The molecule has 0 radical (unpaired) electrons. The zero-order valence-corrected chi connectivity index (χ0v) is 13.0. The smallest absolute Gasteiger partial charge is 0.142 e. The predicted molar refractivity (Wildman–Crippen MR) is 85.7 cm³/mol. The third kappa shape index (κ3) is 8.53. The first-order valence-electron chi connectivity index (χ1n) is 5.02. The summed E-state index contributed by atoms with van der Waals surface area (Å²) < 4.78 is 5.53. The summed E-state index contributed by atoms with van der Waals surface area (Å²) in [4.78, 5) is 2.12. The molecule has 4 nitrogen and oxygen atoms in total. The van der Waals surface area contributed by atoms with Gasteiger partial charge in [-0.15, -0.1) is 37.2 Å². The fourth-order valence-corrected chi connectivity index (χ4v) is 1.26. The van der Waals surface area contributed by atoms with Crippen molar-refractivity contribution < 1.29 is 4.74 Å². The molecule has 0 spiro atoms. The lowest BCUT2D eigenvalue weighted by Gasteiger charge is -2.11. The van der Waals surface area contributed by atoms with Crippen LogP contribution in [0.4, 0.5) is 11.4 Å². The van der Waals surface area contributed by atoms with Crippen molar-refractivity contribution in [1.82, 2.24) is 4.90 Å². The molecule has 18 heavy (non-hydrogen) atoms. The third-order valence-corrected chi connectivity index (χ3v) is 2.04. The number of nitrogen functional groups attached to an aromatic ring is 2. The van der Waals surface area contributed by atoms with Gasteiger partial charge in [-0.1, -0.05) is 0 Å². The molecule has 7 heteroatoms. The van der Waals surface area contributed by atoms with Gasteiger partial charge in [0.1, 0.15) is 5.75 Å². The number of hydrogen-bond acceptors (Lipinski definition) is 4. The van der Waals surface area contributed by atoms with Crippen LogP contribution in [-0.2, 0) is 0 Å². The number of benzene rings is 1. The number of ether oxygens (including phenoxy) is 1. The number of anilines is 2. The van der Waals surface area contributed by atoms with Gasteiger partial charge < -0.3 is 21.1 Å². The lowest BCUT2D eigenvalue weighted by molar-refractivity contribution is 0.283. The van der Waals surface area contributed by atoms with Crippen molar-refractivity contribution in [3.63, 3.8) is 0 Å². The highest BCUT2D eigenvalue weighted by Gasteiger charge is 2.00. The molecule has 0 atom stereocenters. The fraction of sp³-hybridized carbons (Fsp3) is 0.455. The lowest BCUT2D eigenvalue weighted by Crippen LogP contribution is -2.15. The van der Waals surface area contributed by atoms with Crippen molar-refractivity contribution in [2.45, 2.75) is 6.42 Å². The van der Waals surface area contributed by atoms with E-state index in [1.807, 2.05) is 14.1 Å². The highest BCUT2D eigenvalue weighted by atomic mass is 35.5. The molecule has 0 aliphatic rings. The maximum absolute atomic E-state index is 5.75. The summed E-state index contributed by atoms with van der Waals surface area (Å²) >= 11 is 0. The summed E-state index contributed by atoms with van der Waals surface area (Å²) in [7, 11) is 4.08. The van der Waals surface area contributed by atoms with Crippen molar-refractivity contribution in [3.8, 4) is 5.75 Å². The minimum absolute atomic E-state index is 0. The van der Waals surface area contributed by atoms with E-state index in [4.69, 9.17) is 16.2 Å². The predicted octanol–water partition coefficient (Wildman–Crippen LogP) is 2.45. The first-order chi connectivity index (χ1) is 7.09. The Morgan fingerprint density at radius 3 is 2.22 bits per heavy atom. The van der Waals surface area contributed by atoms with Gasteiger partial charge in [0.15, 0.2) is 0 Å². The molecule has 0 unspecified atom stereocenters. The van der Waals surface area contributed by atoms with Gasteiger partial charge in [-0.25, -0.2) is 0 Å². The first kappa shape index (κ1) is 22.6. The summed E-state index contributed by atoms with van der Waals surface area (Å²) in [5, 5.41) is 0. The molecule has 0 saturated carbocycles. The topological polar surface area (TPSA) is 64.5 Å². The standard InChI is InChI=1S/C11H19N3O.3ClH/c1-14(2)6-3-7-15-11-5-4-9(12)8-10(11)13;;;/h4-5,8H,3,6-7,12-13H2,1-2H3;3*1H. The van der Waals surface area contributed by atoms with E-state index >= 15 is 0 Å². The Hall–Kier alpha value is -0.550. The molecule has 1 aromatic rings. The minimum Gasteiger partial charge on any atom is -0.491 e. The number of hydrogen-bond donors (Lipinski definition) is 2. The van der Waals surface area contributed by atoms with E-state index in [9.17, 15) is 0 Å². The fourth-order valence-electron chi connectivity index (χ4n) is 1.26. The van der Waals surface area contributed by atoms with Gasteiger partial charge in [0.25, 0.3) is 0 Å². The Kier molecular flexibility index (Phi) is 14.5. The maximum atomic E-state index is 5.75. The van der Waals surface area contributed by atoms with Gasteiger partial charge in [0, 0.05) is 12.2 Å². The van der Waals surface area contributed by atoms with E-state index in [1.54, 1.807) is 18.2 Å². The van der Waals surface area contributed by atoms with Gasteiger partial charge in [-0.3, -0.25) is 0 Å². The Balaban J connectivity index is -0.000000750. The van der Waals surface area contributed by atoms with Crippen LogP contribution in [0.25, 0.3) is 0 Å². The number of rotatable bonds is 5. The summed E-state index contributed by atoms with van der Waals surface area (Å²) in [6.45, 7) is 1.68. The second kappa shape index (κ2) is 11.5. The highest BCUT2D eigenvalue weighted by Crippen LogP contribution is 2.23. The molecule has 0 aliphatic heterocycles. The van der Waals surface area contributed by atoms with Crippen LogP contribution < -0.4 is 16.2 Å². The summed E-state index contributed by atoms with van der Waals surface area (Å²) in [5.41, 5.74) is 12.6. The summed E-state index contributed by atoms with van der Waals surface area (Å²) in [6, 6.07) is 5.30. The number of nitrogens with two attached hydrogens (primary N) is 2. The third-order valence-electron chi connectivity index (χ3n) is 2.04. The zero-order chi connectivity index (χ0) is 11.3. The van der Waals surface area contributed by atoms with Gasteiger partial charge >= 0.3 is 0 Å². The van der Waals surface area contributed by atoms with Gasteiger partial charge in [-0.2, -0.15) is 0 Å². The Bertz CT molecular complexity index is 324. The van der Waals surface area contributed by atoms with E-state index in [1.165, 1.54) is 0 Å². The van der Waals surface area contributed by atoms with Crippen molar-refractivity contribution in [3.05, 3.63) is 18.2 Å². The molecule has 0 bridgehead atoms. The van der Waals surface area contributed by atoms with Crippen LogP contribution in [0.5, 0.6) is 5.75 Å². The van der Waals surface area contributed by atoms with Crippen LogP contribution in [0.2, 0.25) is 0 Å². The van der Waals surface area contributed by atoms with Crippen LogP contribution in [0.3, 0.4) is 0 Å². The molecular weight excluding hydrogens is 296 g/mol. The minimum atomic E-state index is 0. The zero-order valence-electron chi connectivity index (χ0n) is 10.6. The molecule has 4 N–H and O–H groups in total. The molecule has 108 valence electrons. The lowest BCUT2D eigenvalue weighted by atomic mass is 10.2. The first-order valence-corrected chi connectivity index (χ1v) is 5.02. The van der Waals surface area contributed by atoms with Crippen molar-refractivity contribution in [2.75, 3.05) is 38.7 Å². The van der Waals surface area contributed by atoms with Crippen molar-refractivity contribution in [2.24, 2.45) is 0 Å². The van der Waals surface area contributed by atoms with Gasteiger partial charge in [0.05, 0.1) is 12.3 Å². The molecule has 1 aromatic carbocycles. The summed E-state index contributed by atoms with van der Waals surface area (Å²) in [6.07, 6.45) is 0.983. The van der Waals surface area contributed by atoms with Crippen LogP contribution in [0.1, 0.15) is 6.42 Å². The van der Waals surface area contributed by atoms with E-state index in [-0.39, 0.29) is 37.2 Å². The molecule has 0 fully saturated rings. The molecule has 0 aliphatic carbocycles. The Morgan fingerprint density at radius 1 is 1.11 bits per heavy atom. The monoisotopic (exact) mass is 317 g/mol. The van der Waals surface area contributed by atoms with E-state index in [0.29, 0.717) is 23.7 Å². The molecule has 0 aromatic heterocycles. The highest BCUT2D eigenvalue weighted by molar-refractivity contribution is 5.86. The van der Waals surface area contributed by atoms with Gasteiger partial charge in [0.2, 0.25) is 0 Å². The van der Waals surface area contributed by atoms with Crippen LogP contribution in [0.15, 0.2) is 18.2 Å². The van der Waals surface area contributed by atoms with Crippen LogP contribution >= 0.6 is 37.2 Å². The van der Waals surface area contributed by atoms with E-state index < -0.39 is 0 Å². The number of halogens is 3. The number of nitrogens with zero attached hydrogens (tertiary/aromatic N) is 1. The molecule has 0 amide bonds. The largest absolute Gasteiger partial charge is 0.491 e. The molecule has 1 rings (SSSR count). The Labute approximate surface area is 127 Å². The molecule has 0 saturated heterocycles. The van der Waals surface area contributed by atoms with Crippen molar-refractivity contribution >= 4 is 48.6 Å². The van der Waals surface area contributed by atoms with Crippen LogP contribution in [0, 0.1) is 0 Å². The Morgan fingerprint density at radius 2 is 1.72 bits per heavy atom. The van der Waals surface area contributed by atoms with Gasteiger partial charge in [-0.05, 0) is 38.7 Å². The van der Waals surface area contributed by atoms with E-state index in [2.05, 4.69) is 4.90 Å². The second-order valence-electron chi connectivity index (χ2n) is 3.80. The van der Waals surface area contributed by atoms with Crippen LogP contribution in [-0.4, -0.2) is 32.1 Å². The quantitative estimate of drug-likeness (QED) is 0.646. The molecule has 0 heterocycles. The normalized spacial score (nSPS) is 8.83. The maximum Gasteiger partial charge on any atom is 0.142 e. The van der Waals surface area contributed by atoms with Crippen molar-refractivity contribution in [1.29, 1.82) is 0 Å². The van der Waals surface area contributed by atoms with E-state index in [0.717, 1.165) is 13.0 Å². The average Bonchev–Trinajstić information content (AvgIpc) is 2.14.